The van der Waals surface area contributed by atoms with E-state index in [1.54, 1.807) is 0 Å². The summed E-state index contributed by atoms with van der Waals surface area (Å²) in [5.74, 6) is 1.52. The minimum Gasteiger partial charge on any atom is -0.314 e. The van der Waals surface area contributed by atoms with Crippen molar-refractivity contribution in [3.8, 4) is 0 Å². The molecule has 1 aromatic carbocycles. The van der Waals surface area contributed by atoms with Gasteiger partial charge in [-0.05, 0) is 48.9 Å². The molecule has 17 heavy (non-hydrogen) atoms. The lowest BCUT2D eigenvalue weighted by Crippen LogP contribution is -2.49. The molecule has 0 bridgehead atoms. The first-order valence-electron chi connectivity index (χ1n) is 6.75. The fourth-order valence-electron chi connectivity index (χ4n) is 2.93. The standard InChI is InChI=1S/C15H22ClN/c1-3-9-17-15-10-14(13(15)4-2)11-5-7-12(16)8-6-11/h5-8,13-15,17H,3-4,9-10H2,1-2H3. The zero-order valence-corrected chi connectivity index (χ0v) is 11.5. The molecule has 0 spiro atoms. The van der Waals surface area contributed by atoms with Gasteiger partial charge in [-0.25, -0.2) is 0 Å². The Morgan fingerprint density at radius 3 is 2.53 bits per heavy atom. The average molecular weight is 252 g/mol. The van der Waals surface area contributed by atoms with Gasteiger partial charge < -0.3 is 5.32 Å². The lowest BCUT2D eigenvalue weighted by atomic mass is 9.65. The first-order chi connectivity index (χ1) is 8.26. The quantitative estimate of drug-likeness (QED) is 0.826. The van der Waals surface area contributed by atoms with E-state index in [1.165, 1.54) is 24.8 Å². The summed E-state index contributed by atoms with van der Waals surface area (Å²) in [6.45, 7) is 5.67. The molecule has 0 heterocycles. The fourth-order valence-corrected chi connectivity index (χ4v) is 3.06. The highest BCUT2D eigenvalue weighted by Crippen LogP contribution is 2.44. The molecule has 0 radical (unpaired) electrons. The van der Waals surface area contributed by atoms with Crippen LogP contribution in [0.1, 0.15) is 44.6 Å². The Bertz CT molecular complexity index is 346. The monoisotopic (exact) mass is 251 g/mol. The number of rotatable bonds is 5. The van der Waals surface area contributed by atoms with Crippen LogP contribution in [0.3, 0.4) is 0 Å². The molecule has 3 unspecified atom stereocenters. The zero-order valence-electron chi connectivity index (χ0n) is 10.7. The van der Waals surface area contributed by atoms with Gasteiger partial charge in [0.15, 0.2) is 0 Å². The smallest absolute Gasteiger partial charge is 0.0406 e. The van der Waals surface area contributed by atoms with Gasteiger partial charge in [0, 0.05) is 11.1 Å². The summed E-state index contributed by atoms with van der Waals surface area (Å²) in [5, 5.41) is 4.49. The van der Waals surface area contributed by atoms with Crippen LogP contribution in [0.15, 0.2) is 24.3 Å². The molecule has 1 fully saturated rings. The summed E-state index contributed by atoms with van der Waals surface area (Å²) < 4.78 is 0. The molecule has 2 rings (SSSR count). The van der Waals surface area contributed by atoms with Crippen LogP contribution in [0.2, 0.25) is 5.02 Å². The minimum atomic E-state index is 0.723. The molecular formula is C15H22ClN. The Hall–Kier alpha value is -0.530. The lowest BCUT2D eigenvalue weighted by Gasteiger charge is -2.45. The van der Waals surface area contributed by atoms with Crippen molar-refractivity contribution in [2.75, 3.05) is 6.54 Å². The topological polar surface area (TPSA) is 12.0 Å². The summed E-state index contributed by atoms with van der Waals surface area (Å²) in [5.41, 5.74) is 1.45. The molecule has 1 aliphatic rings. The predicted octanol–water partition coefficient (Wildman–Crippen LogP) is 4.22. The zero-order chi connectivity index (χ0) is 12.3. The highest BCUT2D eigenvalue weighted by molar-refractivity contribution is 6.30. The van der Waals surface area contributed by atoms with Crippen LogP contribution in [-0.4, -0.2) is 12.6 Å². The first-order valence-corrected chi connectivity index (χ1v) is 7.12. The van der Waals surface area contributed by atoms with E-state index in [-0.39, 0.29) is 0 Å². The molecule has 1 N–H and O–H groups in total. The Labute approximate surface area is 110 Å². The van der Waals surface area contributed by atoms with Crippen LogP contribution in [-0.2, 0) is 0 Å². The summed E-state index contributed by atoms with van der Waals surface area (Å²) in [7, 11) is 0. The van der Waals surface area contributed by atoms with Gasteiger partial charge in [-0.15, -0.1) is 0 Å². The molecule has 2 heteroatoms. The molecule has 0 aliphatic heterocycles. The summed E-state index contributed by atoms with van der Waals surface area (Å²) in [6, 6.07) is 9.12. The fraction of sp³-hybridized carbons (Fsp3) is 0.600. The van der Waals surface area contributed by atoms with Crippen LogP contribution in [0.4, 0.5) is 0 Å². The molecule has 1 nitrogen and oxygen atoms in total. The number of hydrogen-bond acceptors (Lipinski definition) is 1. The van der Waals surface area contributed by atoms with Crippen molar-refractivity contribution < 1.29 is 0 Å². The van der Waals surface area contributed by atoms with Crippen molar-refractivity contribution in [1.29, 1.82) is 0 Å². The molecule has 1 saturated carbocycles. The third-order valence-corrected chi connectivity index (χ3v) is 4.22. The van der Waals surface area contributed by atoms with E-state index in [2.05, 4.69) is 31.3 Å². The maximum atomic E-state index is 5.93. The van der Waals surface area contributed by atoms with Gasteiger partial charge in [-0.1, -0.05) is 44.0 Å². The van der Waals surface area contributed by atoms with Gasteiger partial charge in [0.25, 0.3) is 0 Å². The third kappa shape index (κ3) is 2.83. The largest absolute Gasteiger partial charge is 0.314 e. The molecule has 1 aliphatic carbocycles. The first kappa shape index (κ1) is 12.9. The van der Waals surface area contributed by atoms with Crippen molar-refractivity contribution in [2.24, 2.45) is 5.92 Å². The van der Waals surface area contributed by atoms with Crippen molar-refractivity contribution in [3.63, 3.8) is 0 Å². The molecule has 0 saturated heterocycles. The van der Waals surface area contributed by atoms with E-state index >= 15 is 0 Å². The van der Waals surface area contributed by atoms with Crippen LogP contribution >= 0.6 is 11.6 Å². The van der Waals surface area contributed by atoms with Gasteiger partial charge in [0.1, 0.15) is 0 Å². The Morgan fingerprint density at radius 2 is 1.94 bits per heavy atom. The average Bonchev–Trinajstić information content (AvgIpc) is 2.31. The Morgan fingerprint density at radius 1 is 1.24 bits per heavy atom. The number of benzene rings is 1. The summed E-state index contributed by atoms with van der Waals surface area (Å²) >= 11 is 5.93. The van der Waals surface area contributed by atoms with Crippen LogP contribution in [0.5, 0.6) is 0 Å². The van der Waals surface area contributed by atoms with Crippen LogP contribution in [0.25, 0.3) is 0 Å². The molecule has 1 aromatic rings. The maximum absolute atomic E-state index is 5.93. The van der Waals surface area contributed by atoms with E-state index in [9.17, 15) is 0 Å². The van der Waals surface area contributed by atoms with Crippen LogP contribution < -0.4 is 5.32 Å². The van der Waals surface area contributed by atoms with E-state index in [0.29, 0.717) is 0 Å². The summed E-state index contributed by atoms with van der Waals surface area (Å²) in [4.78, 5) is 0. The van der Waals surface area contributed by atoms with E-state index in [0.717, 1.165) is 29.4 Å². The van der Waals surface area contributed by atoms with E-state index in [4.69, 9.17) is 11.6 Å². The second-order valence-electron chi connectivity index (χ2n) is 5.03. The predicted molar refractivity (Wildman–Crippen MR) is 74.7 cm³/mol. The molecule has 3 atom stereocenters. The molecule has 94 valence electrons. The minimum absolute atomic E-state index is 0.723. The van der Waals surface area contributed by atoms with Crippen molar-refractivity contribution >= 4 is 11.6 Å². The van der Waals surface area contributed by atoms with Crippen molar-refractivity contribution in [3.05, 3.63) is 34.9 Å². The maximum Gasteiger partial charge on any atom is 0.0406 e. The van der Waals surface area contributed by atoms with Gasteiger partial charge >= 0.3 is 0 Å². The molecular weight excluding hydrogens is 230 g/mol. The lowest BCUT2D eigenvalue weighted by molar-refractivity contribution is 0.161. The van der Waals surface area contributed by atoms with Gasteiger partial charge in [0.2, 0.25) is 0 Å². The summed E-state index contributed by atoms with van der Waals surface area (Å²) in [6.07, 6.45) is 3.76. The molecule has 0 amide bonds. The van der Waals surface area contributed by atoms with Gasteiger partial charge in [0.05, 0.1) is 0 Å². The molecule has 0 aromatic heterocycles. The SMILES string of the molecule is CCCNC1CC(c2ccc(Cl)cc2)C1CC. The number of hydrogen-bond donors (Lipinski definition) is 1. The Balaban J connectivity index is 1.97. The Kier molecular flexibility index (Phi) is 4.47. The van der Waals surface area contributed by atoms with Gasteiger partial charge in [-0.3, -0.25) is 0 Å². The van der Waals surface area contributed by atoms with Crippen molar-refractivity contribution in [1.82, 2.24) is 5.32 Å². The highest BCUT2D eigenvalue weighted by atomic mass is 35.5. The number of halogens is 1. The van der Waals surface area contributed by atoms with E-state index in [1.807, 2.05) is 12.1 Å². The van der Waals surface area contributed by atoms with Gasteiger partial charge in [-0.2, -0.15) is 0 Å². The van der Waals surface area contributed by atoms with E-state index < -0.39 is 0 Å². The second-order valence-corrected chi connectivity index (χ2v) is 5.46. The van der Waals surface area contributed by atoms with Crippen LogP contribution in [0, 0.1) is 5.92 Å². The number of nitrogens with one attached hydrogen (secondary N) is 1. The third-order valence-electron chi connectivity index (χ3n) is 3.97. The van der Waals surface area contributed by atoms with Crippen molar-refractivity contribution in [2.45, 2.75) is 45.1 Å². The second kappa shape index (κ2) is 5.88. The normalized spacial score (nSPS) is 27.8. The highest BCUT2D eigenvalue weighted by Gasteiger charge is 2.39.